The zero-order valence-corrected chi connectivity index (χ0v) is 27.3. The number of rotatable bonds is 15. The van der Waals surface area contributed by atoms with E-state index in [1.54, 1.807) is 36.4 Å². The van der Waals surface area contributed by atoms with E-state index in [-0.39, 0.29) is 13.2 Å². The Kier molecular flexibility index (Phi) is 11.8. The molecule has 45 heavy (non-hydrogen) atoms. The van der Waals surface area contributed by atoms with E-state index in [2.05, 4.69) is 25.0 Å². The van der Waals surface area contributed by atoms with E-state index in [1.807, 2.05) is 66.7 Å². The van der Waals surface area contributed by atoms with E-state index in [9.17, 15) is 9.59 Å². The van der Waals surface area contributed by atoms with Gasteiger partial charge in [0.05, 0.1) is 13.7 Å². The Hall–Kier alpha value is -4.60. The summed E-state index contributed by atoms with van der Waals surface area (Å²) in [5.41, 5.74) is 9.50. The topological polar surface area (TPSA) is 109 Å². The van der Waals surface area contributed by atoms with E-state index in [4.69, 9.17) is 24.7 Å². The van der Waals surface area contributed by atoms with Crippen LogP contribution in [0, 0.1) is 0 Å². The molecule has 1 amide bonds. The average Bonchev–Trinajstić information content (AvgIpc) is 3.05. The molecule has 4 rings (SSSR count). The summed E-state index contributed by atoms with van der Waals surface area (Å²) in [5, 5.41) is 2.82. The fraction of sp³-hybridized carbons (Fsp3) is 0.278. The van der Waals surface area contributed by atoms with Crippen molar-refractivity contribution in [2.45, 2.75) is 51.0 Å². The summed E-state index contributed by atoms with van der Waals surface area (Å²) in [5.74, 6) is 0.0325. The molecule has 0 aliphatic heterocycles. The summed E-state index contributed by atoms with van der Waals surface area (Å²) in [7, 11) is 0.106. The van der Waals surface area contributed by atoms with Gasteiger partial charge in [0, 0.05) is 8.07 Å². The first kappa shape index (κ1) is 33.3. The van der Waals surface area contributed by atoms with Gasteiger partial charge in [0.15, 0.2) is 17.5 Å². The van der Waals surface area contributed by atoms with Crippen molar-refractivity contribution < 1.29 is 28.5 Å². The number of nitrogens with two attached hydrogens (primary N) is 1. The maximum absolute atomic E-state index is 13.7. The van der Waals surface area contributed by atoms with Crippen molar-refractivity contribution in [1.82, 2.24) is 5.32 Å². The van der Waals surface area contributed by atoms with Crippen LogP contribution in [0.4, 0.5) is 0 Å². The highest BCUT2D eigenvalue weighted by atomic mass is 28.3. The number of ether oxygens (including phenoxy) is 4. The first-order chi connectivity index (χ1) is 21.6. The summed E-state index contributed by atoms with van der Waals surface area (Å²) >= 11 is 0. The van der Waals surface area contributed by atoms with E-state index in [1.165, 1.54) is 7.11 Å². The van der Waals surface area contributed by atoms with Crippen LogP contribution in [-0.4, -0.2) is 33.7 Å². The second-order valence-electron chi connectivity index (χ2n) is 11.9. The van der Waals surface area contributed by atoms with Crippen LogP contribution in [0.25, 0.3) is 0 Å². The largest absolute Gasteiger partial charge is 0.490 e. The molecule has 236 valence electrons. The standard InChI is InChI=1S/C36H42N2O6Si/c1-41-34-30(43-24-26-14-8-5-9-15-26)22-29(23-31(34)44-25-27-16-10-6-11-17-27)32(37)35(39)38-33(28-18-12-7-13-19-28)36(40)42-20-21-45(2,3)4/h5-19,22-23,32-33H,20-21,24-25,37H2,1-4H3,(H,38,39)/t32-,33-/m1/s1. The Morgan fingerprint density at radius 2 is 1.24 bits per heavy atom. The molecule has 4 aromatic rings. The van der Waals surface area contributed by atoms with Gasteiger partial charge in [0.25, 0.3) is 0 Å². The minimum atomic E-state index is -1.43. The summed E-state index contributed by atoms with van der Waals surface area (Å²) in [6.45, 7) is 7.45. The second kappa shape index (κ2) is 15.9. The van der Waals surface area contributed by atoms with E-state index < -0.39 is 32.0 Å². The number of esters is 1. The SMILES string of the molecule is COc1c(OCc2ccccc2)cc([C@@H](N)C(=O)N[C@@H](C(=O)OCC[Si](C)(C)C)c2ccccc2)cc1OCc1ccccc1. The van der Waals surface area contributed by atoms with Crippen molar-refractivity contribution in [3.05, 3.63) is 125 Å². The zero-order valence-electron chi connectivity index (χ0n) is 26.3. The molecule has 0 saturated heterocycles. The molecule has 0 fully saturated rings. The minimum Gasteiger partial charge on any atom is -0.490 e. The summed E-state index contributed by atoms with van der Waals surface area (Å²) < 4.78 is 23.7. The van der Waals surface area contributed by atoms with Gasteiger partial charge in [-0.2, -0.15) is 0 Å². The van der Waals surface area contributed by atoms with Crippen LogP contribution in [-0.2, 0) is 27.5 Å². The number of benzene rings is 4. The molecular weight excluding hydrogens is 584 g/mol. The smallest absolute Gasteiger partial charge is 0.333 e. The van der Waals surface area contributed by atoms with Crippen molar-refractivity contribution in [3.8, 4) is 17.2 Å². The molecule has 0 aliphatic rings. The molecule has 0 heterocycles. The van der Waals surface area contributed by atoms with Gasteiger partial charge in [-0.05, 0) is 40.4 Å². The van der Waals surface area contributed by atoms with Crippen LogP contribution in [0.5, 0.6) is 17.2 Å². The normalized spacial score (nSPS) is 12.5. The molecule has 3 N–H and O–H groups in total. The van der Waals surface area contributed by atoms with Gasteiger partial charge in [-0.25, -0.2) is 4.79 Å². The van der Waals surface area contributed by atoms with E-state index in [0.717, 1.165) is 17.2 Å². The number of hydrogen-bond acceptors (Lipinski definition) is 7. The van der Waals surface area contributed by atoms with Gasteiger partial charge in [-0.1, -0.05) is 111 Å². The molecule has 0 spiro atoms. The highest BCUT2D eigenvalue weighted by Gasteiger charge is 2.29. The maximum atomic E-state index is 13.7. The Morgan fingerprint density at radius 1 is 0.756 bits per heavy atom. The van der Waals surface area contributed by atoms with Gasteiger partial charge < -0.3 is 30.0 Å². The number of methoxy groups -OCH3 is 1. The lowest BCUT2D eigenvalue weighted by Gasteiger charge is -2.23. The molecule has 0 aliphatic carbocycles. The van der Waals surface area contributed by atoms with Crippen molar-refractivity contribution in [3.63, 3.8) is 0 Å². The van der Waals surface area contributed by atoms with Crippen LogP contribution in [0.1, 0.15) is 34.3 Å². The molecule has 9 heteroatoms. The number of nitrogens with one attached hydrogen (secondary N) is 1. The number of carbonyl (C=O) groups excluding carboxylic acids is 2. The lowest BCUT2D eigenvalue weighted by atomic mass is 10.0. The van der Waals surface area contributed by atoms with Gasteiger partial charge in [-0.15, -0.1) is 0 Å². The average molecular weight is 627 g/mol. The molecule has 2 atom stereocenters. The minimum absolute atomic E-state index is 0.263. The molecule has 8 nitrogen and oxygen atoms in total. The molecule has 0 bridgehead atoms. The van der Waals surface area contributed by atoms with E-state index >= 15 is 0 Å². The molecule has 0 radical (unpaired) electrons. The van der Waals surface area contributed by atoms with Crippen LogP contribution in [0.3, 0.4) is 0 Å². The van der Waals surface area contributed by atoms with Crippen molar-refractivity contribution in [2.24, 2.45) is 5.73 Å². The molecule has 0 aromatic heterocycles. The van der Waals surface area contributed by atoms with Crippen molar-refractivity contribution >= 4 is 20.0 Å². The zero-order chi connectivity index (χ0) is 32.2. The first-order valence-corrected chi connectivity index (χ1v) is 18.7. The summed E-state index contributed by atoms with van der Waals surface area (Å²) in [4.78, 5) is 26.9. The third-order valence-corrected chi connectivity index (χ3v) is 8.82. The quantitative estimate of drug-likeness (QED) is 0.113. The number of carbonyl (C=O) groups is 2. The van der Waals surface area contributed by atoms with Crippen molar-refractivity contribution in [1.29, 1.82) is 0 Å². The van der Waals surface area contributed by atoms with Crippen LogP contribution in [0.2, 0.25) is 25.7 Å². The van der Waals surface area contributed by atoms with E-state index in [0.29, 0.717) is 35.0 Å². The third-order valence-electron chi connectivity index (χ3n) is 7.11. The predicted octanol–water partition coefficient (Wildman–Crippen LogP) is 6.59. The van der Waals surface area contributed by atoms with Crippen LogP contribution in [0.15, 0.2) is 103 Å². The predicted molar refractivity (Wildman–Crippen MR) is 178 cm³/mol. The molecule has 0 saturated carbocycles. The summed E-state index contributed by atoms with van der Waals surface area (Å²) in [6, 6.07) is 30.4. The second-order valence-corrected chi connectivity index (χ2v) is 17.5. The Balaban J connectivity index is 1.60. The van der Waals surface area contributed by atoms with Crippen molar-refractivity contribution in [2.75, 3.05) is 13.7 Å². The van der Waals surface area contributed by atoms with Gasteiger partial charge in [0.2, 0.25) is 11.7 Å². The highest BCUT2D eigenvalue weighted by molar-refractivity contribution is 6.76. The monoisotopic (exact) mass is 626 g/mol. The fourth-order valence-corrected chi connectivity index (χ4v) is 5.23. The van der Waals surface area contributed by atoms with Crippen LogP contribution >= 0.6 is 0 Å². The molecule has 4 aromatic carbocycles. The van der Waals surface area contributed by atoms with Crippen LogP contribution < -0.4 is 25.3 Å². The molecule has 0 unspecified atom stereocenters. The number of hydrogen-bond donors (Lipinski definition) is 2. The summed E-state index contributed by atoms with van der Waals surface area (Å²) in [6.07, 6.45) is 0. The first-order valence-electron chi connectivity index (χ1n) is 15.0. The maximum Gasteiger partial charge on any atom is 0.333 e. The highest BCUT2D eigenvalue weighted by Crippen LogP contribution is 2.41. The van der Waals surface area contributed by atoms with Gasteiger partial charge in [-0.3, -0.25) is 4.79 Å². The third kappa shape index (κ3) is 9.95. The lowest BCUT2D eigenvalue weighted by molar-refractivity contribution is -0.147. The Morgan fingerprint density at radius 3 is 1.71 bits per heavy atom. The Bertz CT molecular complexity index is 1460. The van der Waals surface area contributed by atoms with Gasteiger partial charge in [0.1, 0.15) is 19.3 Å². The molecular formula is C36H42N2O6Si. The Labute approximate surface area is 266 Å². The van der Waals surface area contributed by atoms with Gasteiger partial charge >= 0.3 is 5.97 Å². The lowest BCUT2D eigenvalue weighted by Crippen LogP contribution is -2.40. The fourth-order valence-electron chi connectivity index (χ4n) is 4.51. The number of amides is 1.